The van der Waals surface area contributed by atoms with E-state index >= 15 is 0 Å². The zero-order valence-corrected chi connectivity index (χ0v) is 8.92. The average molecular weight is 209 g/mol. The van der Waals surface area contributed by atoms with Crippen LogP contribution in [0, 0.1) is 0 Å². The molecule has 0 bridgehead atoms. The van der Waals surface area contributed by atoms with Gasteiger partial charge in [0.05, 0.1) is 5.03 Å². The lowest BCUT2D eigenvalue weighted by Crippen LogP contribution is -1.95. The highest BCUT2D eigenvalue weighted by molar-refractivity contribution is 6.44. The Balaban J connectivity index is 2.74. The van der Waals surface area contributed by atoms with Gasteiger partial charge in [0.2, 0.25) is 0 Å². The second-order valence-corrected chi connectivity index (χ2v) is 3.48. The molecule has 0 fully saturated rings. The van der Waals surface area contributed by atoms with E-state index in [9.17, 15) is 4.79 Å². The van der Waals surface area contributed by atoms with E-state index in [0.29, 0.717) is 11.5 Å². The van der Waals surface area contributed by atoms with Crippen LogP contribution in [-0.4, -0.2) is 5.78 Å². The molecule has 0 saturated heterocycles. The first kappa shape index (κ1) is 11.0. The number of rotatable bonds is 4. The van der Waals surface area contributed by atoms with Gasteiger partial charge in [-0.25, -0.2) is 0 Å². The number of allylic oxidation sites excluding steroid dienone is 1. The maximum absolute atomic E-state index is 11.3. The lowest BCUT2D eigenvalue weighted by atomic mass is 10.1. The Morgan fingerprint density at radius 2 is 2.00 bits per heavy atom. The molecule has 0 radical (unpaired) electrons. The van der Waals surface area contributed by atoms with Gasteiger partial charge < -0.3 is 0 Å². The zero-order chi connectivity index (χ0) is 10.4. The molecule has 1 rings (SSSR count). The van der Waals surface area contributed by atoms with Crippen LogP contribution in [-0.2, 0) is 4.79 Å². The molecule has 2 heteroatoms. The van der Waals surface area contributed by atoms with E-state index in [1.807, 2.05) is 37.3 Å². The number of ketones is 1. The molecule has 0 aliphatic carbocycles. The largest absolute Gasteiger partial charge is 0.293 e. The molecule has 0 atom stereocenters. The Hall–Kier alpha value is -1.08. The fraction of sp³-hybridized carbons (Fsp3) is 0.250. The second kappa shape index (κ2) is 5.61. The van der Waals surface area contributed by atoms with Gasteiger partial charge in [-0.3, -0.25) is 4.79 Å². The summed E-state index contributed by atoms with van der Waals surface area (Å²) in [6, 6.07) is 9.60. The Kier molecular flexibility index (Phi) is 4.41. The number of benzene rings is 1. The van der Waals surface area contributed by atoms with Crippen LogP contribution in [0.25, 0.3) is 6.08 Å². The van der Waals surface area contributed by atoms with Crippen molar-refractivity contribution in [3.8, 4) is 0 Å². The molecular formula is C12H13ClO. The minimum absolute atomic E-state index is 0.0121. The highest BCUT2D eigenvalue weighted by Gasteiger charge is 2.04. The Labute approximate surface area is 89.4 Å². The van der Waals surface area contributed by atoms with E-state index in [1.165, 1.54) is 0 Å². The summed E-state index contributed by atoms with van der Waals surface area (Å²) in [5.41, 5.74) is 0.960. The highest BCUT2D eigenvalue weighted by atomic mass is 35.5. The second-order valence-electron chi connectivity index (χ2n) is 3.08. The van der Waals surface area contributed by atoms with Gasteiger partial charge in [0.25, 0.3) is 0 Å². The summed E-state index contributed by atoms with van der Waals surface area (Å²) in [6.07, 6.45) is 3.05. The maximum atomic E-state index is 11.3. The third-order valence-electron chi connectivity index (χ3n) is 1.84. The lowest BCUT2D eigenvalue weighted by Gasteiger charge is -1.96. The van der Waals surface area contributed by atoms with E-state index in [1.54, 1.807) is 6.08 Å². The summed E-state index contributed by atoms with van der Waals surface area (Å²) < 4.78 is 0. The van der Waals surface area contributed by atoms with Crippen molar-refractivity contribution in [3.05, 3.63) is 40.9 Å². The van der Waals surface area contributed by atoms with Crippen LogP contribution in [0.1, 0.15) is 25.3 Å². The number of halogens is 1. The monoisotopic (exact) mass is 208 g/mol. The van der Waals surface area contributed by atoms with Gasteiger partial charge >= 0.3 is 0 Å². The van der Waals surface area contributed by atoms with Crippen LogP contribution in [0.2, 0.25) is 0 Å². The minimum Gasteiger partial charge on any atom is -0.293 e. The molecule has 0 aliphatic rings. The summed E-state index contributed by atoms with van der Waals surface area (Å²) in [4.78, 5) is 11.3. The molecule has 1 nitrogen and oxygen atoms in total. The van der Waals surface area contributed by atoms with Crippen molar-refractivity contribution in [3.63, 3.8) is 0 Å². The summed E-state index contributed by atoms with van der Waals surface area (Å²) in [5, 5.41) is 0.318. The molecule has 1 aromatic rings. The fourth-order valence-electron chi connectivity index (χ4n) is 1.12. The van der Waals surface area contributed by atoms with Crippen molar-refractivity contribution < 1.29 is 4.79 Å². The van der Waals surface area contributed by atoms with Crippen LogP contribution in [0.15, 0.2) is 35.4 Å². The predicted molar refractivity (Wildman–Crippen MR) is 60.2 cm³/mol. The molecule has 0 amide bonds. The van der Waals surface area contributed by atoms with Crippen molar-refractivity contribution in [2.24, 2.45) is 0 Å². The number of carbonyl (C=O) groups is 1. The van der Waals surface area contributed by atoms with Crippen LogP contribution in [0.5, 0.6) is 0 Å². The zero-order valence-electron chi connectivity index (χ0n) is 8.16. The molecule has 0 unspecified atom stereocenters. The lowest BCUT2D eigenvalue weighted by molar-refractivity contribution is -0.114. The Morgan fingerprint density at radius 3 is 2.57 bits per heavy atom. The molecule has 0 heterocycles. The van der Waals surface area contributed by atoms with Crippen molar-refractivity contribution in [1.29, 1.82) is 0 Å². The van der Waals surface area contributed by atoms with Gasteiger partial charge in [0.1, 0.15) is 0 Å². The topological polar surface area (TPSA) is 17.1 Å². The number of carbonyl (C=O) groups excluding carboxylic acids is 1. The van der Waals surface area contributed by atoms with Gasteiger partial charge in [-0.1, -0.05) is 48.9 Å². The molecular weight excluding hydrogens is 196 g/mol. The minimum atomic E-state index is 0.0121. The smallest absolute Gasteiger partial charge is 0.174 e. The Morgan fingerprint density at radius 1 is 1.36 bits per heavy atom. The van der Waals surface area contributed by atoms with Crippen LogP contribution < -0.4 is 0 Å². The SMILES string of the molecule is CCCC(=O)/C(Cl)=C/c1ccccc1. The van der Waals surface area contributed by atoms with Gasteiger partial charge in [-0.05, 0) is 18.1 Å². The first-order chi connectivity index (χ1) is 6.74. The van der Waals surface area contributed by atoms with Gasteiger partial charge in [0.15, 0.2) is 5.78 Å². The third kappa shape index (κ3) is 3.35. The van der Waals surface area contributed by atoms with Crippen molar-refractivity contribution >= 4 is 23.5 Å². The molecule has 1 aromatic carbocycles. The van der Waals surface area contributed by atoms with Crippen LogP contribution >= 0.6 is 11.6 Å². The molecule has 0 aromatic heterocycles. The van der Waals surface area contributed by atoms with E-state index in [2.05, 4.69) is 0 Å². The molecule has 0 N–H and O–H groups in total. The van der Waals surface area contributed by atoms with E-state index in [0.717, 1.165) is 12.0 Å². The van der Waals surface area contributed by atoms with Gasteiger partial charge in [-0.2, -0.15) is 0 Å². The predicted octanol–water partition coefficient (Wildman–Crippen LogP) is 3.64. The summed E-state index contributed by atoms with van der Waals surface area (Å²) in [7, 11) is 0. The van der Waals surface area contributed by atoms with Crippen molar-refractivity contribution in [2.75, 3.05) is 0 Å². The van der Waals surface area contributed by atoms with Crippen molar-refractivity contribution in [2.45, 2.75) is 19.8 Å². The number of hydrogen-bond donors (Lipinski definition) is 0. The average Bonchev–Trinajstić information content (AvgIpc) is 2.19. The maximum Gasteiger partial charge on any atom is 0.174 e. The van der Waals surface area contributed by atoms with Gasteiger partial charge in [-0.15, -0.1) is 0 Å². The molecule has 0 aliphatic heterocycles. The number of Topliss-reactive ketones (excluding diaryl/α,β-unsaturated/α-hetero) is 1. The van der Waals surface area contributed by atoms with E-state index in [-0.39, 0.29) is 5.78 Å². The molecule has 0 saturated carbocycles. The standard InChI is InChI=1S/C12H13ClO/c1-2-6-12(14)11(13)9-10-7-4-3-5-8-10/h3-5,7-9H,2,6H2,1H3/b11-9-. The number of hydrogen-bond acceptors (Lipinski definition) is 1. The first-order valence-corrected chi connectivity index (χ1v) is 5.07. The molecule has 74 valence electrons. The first-order valence-electron chi connectivity index (χ1n) is 4.69. The summed E-state index contributed by atoms with van der Waals surface area (Å²) in [5.74, 6) is 0.0121. The fourth-order valence-corrected chi connectivity index (χ4v) is 1.34. The van der Waals surface area contributed by atoms with Crippen molar-refractivity contribution in [1.82, 2.24) is 0 Å². The Bertz CT molecular complexity index is 327. The normalized spacial score (nSPS) is 11.4. The van der Waals surface area contributed by atoms with E-state index in [4.69, 9.17) is 11.6 Å². The highest BCUT2D eigenvalue weighted by Crippen LogP contribution is 2.13. The third-order valence-corrected chi connectivity index (χ3v) is 2.16. The van der Waals surface area contributed by atoms with Crippen LogP contribution in [0.3, 0.4) is 0 Å². The summed E-state index contributed by atoms with van der Waals surface area (Å²) >= 11 is 5.86. The van der Waals surface area contributed by atoms with Crippen LogP contribution in [0.4, 0.5) is 0 Å². The van der Waals surface area contributed by atoms with E-state index < -0.39 is 0 Å². The summed E-state index contributed by atoms with van der Waals surface area (Å²) in [6.45, 7) is 1.96. The van der Waals surface area contributed by atoms with Gasteiger partial charge in [0, 0.05) is 6.42 Å². The molecule has 14 heavy (non-hydrogen) atoms. The quantitative estimate of drug-likeness (QED) is 0.691. The molecule has 0 spiro atoms.